The molecule has 0 saturated carbocycles. The van der Waals surface area contributed by atoms with Crippen molar-refractivity contribution in [3.05, 3.63) is 48.3 Å². The van der Waals surface area contributed by atoms with Gasteiger partial charge in [0.1, 0.15) is 34.4 Å². The van der Waals surface area contributed by atoms with Crippen molar-refractivity contribution in [1.82, 2.24) is 19.2 Å². The topological polar surface area (TPSA) is 148 Å². The molecule has 1 aliphatic rings. The molecule has 2 atom stereocenters. The monoisotopic (exact) mass is 610 g/mol. The summed E-state index contributed by atoms with van der Waals surface area (Å²) in [4.78, 5) is 37.1. The van der Waals surface area contributed by atoms with Crippen molar-refractivity contribution >= 4 is 44.3 Å². The third kappa shape index (κ3) is 6.18. The molecule has 1 saturated heterocycles. The molecule has 0 bridgehead atoms. The van der Waals surface area contributed by atoms with Crippen molar-refractivity contribution in [3.63, 3.8) is 0 Å². The average Bonchev–Trinajstić information content (AvgIpc) is 3.31. The first-order valence-electron chi connectivity index (χ1n) is 12.6. The van der Waals surface area contributed by atoms with Gasteiger partial charge in [0.15, 0.2) is 0 Å². The first-order valence-corrected chi connectivity index (χ1v) is 14.0. The highest BCUT2D eigenvalue weighted by atomic mass is 32.2. The van der Waals surface area contributed by atoms with Crippen LogP contribution in [0, 0.1) is 0 Å². The van der Waals surface area contributed by atoms with E-state index in [9.17, 15) is 31.2 Å². The molecule has 226 valence electrons. The lowest BCUT2D eigenvalue weighted by molar-refractivity contribution is -0.274. The minimum Gasteiger partial charge on any atom is -0.467 e. The maximum Gasteiger partial charge on any atom is 0.573 e. The number of carbonyl (C=O) groups is 2. The van der Waals surface area contributed by atoms with E-state index in [1.807, 2.05) is 0 Å². The zero-order chi connectivity index (χ0) is 31.0. The first-order chi connectivity index (χ1) is 19.6. The van der Waals surface area contributed by atoms with Gasteiger partial charge in [-0.25, -0.2) is 23.2 Å². The number of anilines is 2. The van der Waals surface area contributed by atoms with Crippen LogP contribution in [0.1, 0.15) is 12.0 Å². The van der Waals surface area contributed by atoms with E-state index in [1.54, 1.807) is 19.0 Å². The fourth-order valence-corrected chi connectivity index (χ4v) is 6.06. The summed E-state index contributed by atoms with van der Waals surface area (Å²) in [7, 11) is 1.65. The number of amides is 1. The number of fused-ring (bicyclic) bond motifs is 1. The third-order valence-corrected chi connectivity index (χ3v) is 8.82. The summed E-state index contributed by atoms with van der Waals surface area (Å²) in [5.74, 6) is -1.72. The number of nitrogens with zero attached hydrogens (tertiary/aromatic N) is 5. The molecule has 1 fully saturated rings. The number of carbonyl (C=O) groups excluding carboxylic acids is 2. The average molecular weight is 611 g/mol. The second-order valence-corrected chi connectivity index (χ2v) is 11.8. The van der Waals surface area contributed by atoms with Crippen molar-refractivity contribution in [2.24, 2.45) is 0 Å². The maximum atomic E-state index is 13.5. The smallest absolute Gasteiger partial charge is 0.467 e. The van der Waals surface area contributed by atoms with Gasteiger partial charge in [-0.05, 0) is 47.7 Å². The largest absolute Gasteiger partial charge is 0.573 e. The number of nitrogen functional groups attached to an aromatic ring is 1. The zero-order valence-corrected chi connectivity index (χ0v) is 23.9. The number of alkyl halides is 3. The van der Waals surface area contributed by atoms with Crippen LogP contribution in [-0.2, 0) is 30.8 Å². The number of sulfonamides is 1. The highest BCUT2D eigenvalue weighted by molar-refractivity contribution is 7.89. The van der Waals surface area contributed by atoms with E-state index < -0.39 is 52.5 Å². The van der Waals surface area contributed by atoms with Gasteiger partial charge in [-0.3, -0.25) is 4.79 Å². The van der Waals surface area contributed by atoms with Gasteiger partial charge in [-0.1, -0.05) is 0 Å². The molecule has 3 aromatic rings. The first kappa shape index (κ1) is 30.8. The Hall–Kier alpha value is -4.18. The maximum absolute atomic E-state index is 13.5. The Labute approximate surface area is 239 Å². The number of hydrogen-bond acceptors (Lipinski definition) is 10. The van der Waals surface area contributed by atoms with E-state index in [-0.39, 0.29) is 34.6 Å². The number of aromatic nitrogens is 2. The Bertz CT molecular complexity index is 1600. The predicted octanol–water partition coefficient (Wildman–Crippen LogP) is 2.18. The number of hydrogen-bond donors (Lipinski definition) is 1. The lowest BCUT2D eigenvalue weighted by Gasteiger charge is -2.28. The molecule has 2 aromatic heterocycles. The van der Waals surface area contributed by atoms with E-state index in [0.29, 0.717) is 11.2 Å². The Morgan fingerprint density at radius 1 is 1.19 bits per heavy atom. The van der Waals surface area contributed by atoms with Crippen molar-refractivity contribution in [2.75, 3.05) is 45.4 Å². The summed E-state index contributed by atoms with van der Waals surface area (Å²) in [6.07, 6.45) is -2.90. The molecule has 0 unspecified atom stereocenters. The number of likely N-dealkylation sites (tertiary alicyclic amines) is 1. The van der Waals surface area contributed by atoms with Gasteiger partial charge >= 0.3 is 12.3 Å². The molecule has 0 spiro atoms. The molecule has 0 aliphatic carbocycles. The Morgan fingerprint density at radius 2 is 1.90 bits per heavy atom. The zero-order valence-electron chi connectivity index (χ0n) is 23.1. The number of nitrogens with two attached hydrogens (primary N) is 1. The number of halogens is 3. The second-order valence-electron chi connectivity index (χ2n) is 9.77. The van der Waals surface area contributed by atoms with E-state index in [1.165, 1.54) is 43.7 Å². The van der Waals surface area contributed by atoms with Crippen molar-refractivity contribution in [3.8, 4) is 5.75 Å². The molecule has 1 aliphatic heterocycles. The molecular weight excluding hydrogens is 581 g/mol. The summed E-state index contributed by atoms with van der Waals surface area (Å²) in [5, 5.41) is 0.633. The summed E-state index contributed by atoms with van der Waals surface area (Å²) in [5.41, 5.74) is 5.78. The van der Waals surface area contributed by atoms with Crippen molar-refractivity contribution in [2.45, 2.75) is 36.2 Å². The Morgan fingerprint density at radius 3 is 2.50 bits per heavy atom. The molecule has 2 N–H and O–H groups in total. The summed E-state index contributed by atoms with van der Waals surface area (Å²) in [6.45, 7) is -0.0547. The normalized spacial score (nSPS) is 16.6. The number of rotatable bonds is 9. The second kappa shape index (κ2) is 11.6. The SMILES string of the molecule is COC(=O)[C@@H](Cc1cc2ccnc(N)c2cc1OC(F)(F)F)N1CC[C@H](N(C)S(=O)(=O)c2ccc(N(C)C)nc2)C1=O. The molecule has 3 heterocycles. The molecule has 1 aromatic carbocycles. The van der Waals surface area contributed by atoms with Gasteiger partial charge in [-0.2, -0.15) is 4.31 Å². The number of ether oxygens (including phenoxy) is 2. The van der Waals surface area contributed by atoms with Gasteiger partial charge in [-0.15, -0.1) is 13.2 Å². The quantitative estimate of drug-likeness (QED) is 0.358. The molecule has 1 amide bonds. The van der Waals surface area contributed by atoms with Gasteiger partial charge in [0.2, 0.25) is 15.9 Å². The van der Waals surface area contributed by atoms with Crippen LogP contribution in [0.3, 0.4) is 0 Å². The van der Waals surface area contributed by atoms with Crippen LogP contribution < -0.4 is 15.4 Å². The molecular formula is C26H29F3N6O6S. The van der Waals surface area contributed by atoms with E-state index in [2.05, 4.69) is 14.7 Å². The van der Waals surface area contributed by atoms with Gasteiger partial charge in [0, 0.05) is 51.9 Å². The Balaban J connectivity index is 1.65. The fourth-order valence-electron chi connectivity index (χ4n) is 4.77. The summed E-state index contributed by atoms with van der Waals surface area (Å²) in [6, 6.07) is 4.29. The van der Waals surface area contributed by atoms with Crippen LogP contribution in [0.25, 0.3) is 10.8 Å². The molecule has 4 rings (SSSR count). The lowest BCUT2D eigenvalue weighted by Crippen LogP contribution is -2.49. The van der Waals surface area contributed by atoms with Crippen molar-refractivity contribution < 1.29 is 40.7 Å². The number of esters is 1. The number of likely N-dealkylation sites (N-methyl/N-ethyl adjacent to an activating group) is 1. The fraction of sp³-hybridized carbons (Fsp3) is 0.385. The van der Waals surface area contributed by atoms with Crippen LogP contribution in [0.5, 0.6) is 5.75 Å². The molecule has 42 heavy (non-hydrogen) atoms. The van der Waals surface area contributed by atoms with Crippen LogP contribution in [0.15, 0.2) is 47.6 Å². The van der Waals surface area contributed by atoms with E-state index in [4.69, 9.17) is 10.5 Å². The van der Waals surface area contributed by atoms with Crippen LogP contribution >= 0.6 is 0 Å². The standard InChI is InChI=1S/C26H29F3N6O6S/c1-33(2)22-6-5-17(14-32-22)42(38,39)34(3)19-8-10-35(24(19)36)20(25(37)40-4)12-16-11-15-7-9-31-23(30)18(15)13-21(16)41-26(27,28)29/h5-7,9,11,13-14,19-20H,8,10,12H2,1-4H3,(H2,30,31)/t19-,20+/m0/s1. The minimum atomic E-state index is -5.06. The van der Waals surface area contributed by atoms with Gasteiger partial charge in [0.25, 0.3) is 0 Å². The molecule has 12 nitrogen and oxygen atoms in total. The predicted molar refractivity (Wildman–Crippen MR) is 146 cm³/mol. The van der Waals surface area contributed by atoms with Crippen LogP contribution in [0.4, 0.5) is 24.8 Å². The minimum absolute atomic E-state index is 0.0241. The van der Waals surface area contributed by atoms with E-state index in [0.717, 1.165) is 22.4 Å². The molecule has 0 radical (unpaired) electrons. The highest BCUT2D eigenvalue weighted by Gasteiger charge is 2.45. The number of methoxy groups -OCH3 is 1. The molecule has 16 heteroatoms. The third-order valence-electron chi connectivity index (χ3n) is 6.97. The summed E-state index contributed by atoms with van der Waals surface area (Å²) < 4.78 is 76.6. The van der Waals surface area contributed by atoms with E-state index >= 15 is 0 Å². The van der Waals surface area contributed by atoms with Crippen LogP contribution in [-0.4, -0.2) is 92.7 Å². The summed E-state index contributed by atoms with van der Waals surface area (Å²) >= 11 is 0. The van der Waals surface area contributed by atoms with Gasteiger partial charge < -0.3 is 25.0 Å². The van der Waals surface area contributed by atoms with Gasteiger partial charge in [0.05, 0.1) is 7.11 Å². The number of pyridine rings is 2. The highest BCUT2D eigenvalue weighted by Crippen LogP contribution is 2.35. The van der Waals surface area contributed by atoms with Crippen molar-refractivity contribution in [1.29, 1.82) is 0 Å². The lowest BCUT2D eigenvalue weighted by atomic mass is 10.00. The Kier molecular flexibility index (Phi) is 8.50. The number of benzene rings is 1. The van der Waals surface area contributed by atoms with Crippen LogP contribution in [0.2, 0.25) is 0 Å².